The topological polar surface area (TPSA) is 61.3 Å². The lowest BCUT2D eigenvalue weighted by molar-refractivity contribution is 0.0717. The molecule has 3 nitrogen and oxygen atoms in total. The van der Waals surface area contributed by atoms with Crippen LogP contribution in [0.15, 0.2) is 12.1 Å². The van der Waals surface area contributed by atoms with Crippen LogP contribution in [-0.4, -0.2) is 0 Å². The smallest absolute Gasteiger partial charge is 0.0838 e. The third kappa shape index (κ3) is 0.823. The second-order valence-electron chi connectivity index (χ2n) is 3.80. The van der Waals surface area contributed by atoms with E-state index in [1.165, 1.54) is 11.1 Å². The highest BCUT2D eigenvalue weighted by Crippen LogP contribution is 2.51. The van der Waals surface area contributed by atoms with Crippen LogP contribution in [-0.2, 0) is 4.74 Å². The molecular formula is C10H12N2O. The van der Waals surface area contributed by atoms with Crippen molar-refractivity contribution in [2.75, 3.05) is 11.5 Å². The minimum Gasteiger partial charge on any atom is -0.397 e. The molecule has 4 N–H and O–H groups in total. The Balaban J connectivity index is 2.22. The van der Waals surface area contributed by atoms with E-state index in [-0.39, 0.29) is 12.2 Å². The number of benzene rings is 1. The average molecular weight is 176 g/mol. The molecule has 2 atom stereocenters. The summed E-state index contributed by atoms with van der Waals surface area (Å²) in [5.41, 5.74) is 15.3. The van der Waals surface area contributed by atoms with E-state index in [4.69, 9.17) is 16.2 Å². The maximum absolute atomic E-state index is 5.74. The van der Waals surface area contributed by atoms with Crippen molar-refractivity contribution in [3.05, 3.63) is 23.3 Å². The summed E-state index contributed by atoms with van der Waals surface area (Å²) in [7, 11) is 0. The molecule has 68 valence electrons. The van der Waals surface area contributed by atoms with Gasteiger partial charge in [-0.05, 0) is 36.1 Å². The van der Waals surface area contributed by atoms with Crippen molar-refractivity contribution in [1.29, 1.82) is 0 Å². The molecule has 3 rings (SSSR count). The van der Waals surface area contributed by atoms with Gasteiger partial charge in [0.25, 0.3) is 0 Å². The van der Waals surface area contributed by atoms with Gasteiger partial charge in [-0.25, -0.2) is 0 Å². The summed E-state index contributed by atoms with van der Waals surface area (Å²) in [6.45, 7) is 0. The summed E-state index contributed by atoms with van der Waals surface area (Å²) in [6, 6.07) is 3.93. The average Bonchev–Trinajstić information content (AvgIpc) is 2.67. The first-order chi connectivity index (χ1) is 6.25. The first-order valence-corrected chi connectivity index (χ1v) is 4.60. The number of rotatable bonds is 0. The molecule has 0 aromatic heterocycles. The fourth-order valence-corrected chi connectivity index (χ4v) is 2.32. The van der Waals surface area contributed by atoms with E-state index in [0.717, 1.165) is 12.8 Å². The van der Waals surface area contributed by atoms with E-state index in [1.807, 2.05) is 12.1 Å². The molecule has 1 aromatic carbocycles. The third-order valence-corrected chi connectivity index (χ3v) is 3.00. The van der Waals surface area contributed by atoms with Gasteiger partial charge in [-0.1, -0.05) is 0 Å². The number of hydrogen-bond donors (Lipinski definition) is 2. The molecule has 0 saturated carbocycles. The summed E-state index contributed by atoms with van der Waals surface area (Å²) < 4.78 is 5.74. The van der Waals surface area contributed by atoms with E-state index in [2.05, 4.69) is 0 Å². The molecule has 2 aliphatic heterocycles. The molecule has 1 fully saturated rings. The second-order valence-corrected chi connectivity index (χ2v) is 3.80. The second kappa shape index (κ2) is 2.17. The van der Waals surface area contributed by atoms with Crippen molar-refractivity contribution in [1.82, 2.24) is 0 Å². The standard InChI is InChI=1S/C10H12N2O/c11-7-3-5-6(4-8(7)12)10-2-1-9(5)13-10/h3-4,9-10H,1-2,11-12H2. The number of nitrogens with two attached hydrogens (primary N) is 2. The lowest BCUT2D eigenvalue weighted by atomic mass is 9.91. The summed E-state index contributed by atoms with van der Waals surface area (Å²) >= 11 is 0. The van der Waals surface area contributed by atoms with Crippen LogP contribution in [0.5, 0.6) is 0 Å². The van der Waals surface area contributed by atoms with Crippen LogP contribution in [0.3, 0.4) is 0 Å². The molecule has 0 spiro atoms. The van der Waals surface area contributed by atoms with Crippen molar-refractivity contribution < 1.29 is 4.74 Å². The van der Waals surface area contributed by atoms with Crippen molar-refractivity contribution in [3.63, 3.8) is 0 Å². The number of ether oxygens (including phenoxy) is 1. The Labute approximate surface area is 76.7 Å². The highest BCUT2D eigenvalue weighted by Gasteiger charge is 2.38. The van der Waals surface area contributed by atoms with Crippen molar-refractivity contribution in [2.24, 2.45) is 0 Å². The Hall–Kier alpha value is -1.22. The lowest BCUT2D eigenvalue weighted by Gasteiger charge is -2.13. The number of hydrogen-bond acceptors (Lipinski definition) is 3. The predicted molar refractivity (Wildman–Crippen MR) is 51.1 cm³/mol. The van der Waals surface area contributed by atoms with Gasteiger partial charge in [-0.15, -0.1) is 0 Å². The van der Waals surface area contributed by atoms with Gasteiger partial charge in [0.15, 0.2) is 0 Å². The normalized spacial score (nSPS) is 29.2. The Kier molecular flexibility index (Phi) is 1.21. The van der Waals surface area contributed by atoms with Crippen LogP contribution in [0, 0.1) is 0 Å². The molecule has 0 radical (unpaired) electrons. The molecule has 2 aliphatic rings. The Morgan fingerprint density at radius 1 is 1.00 bits per heavy atom. The zero-order valence-electron chi connectivity index (χ0n) is 7.29. The molecule has 0 aliphatic carbocycles. The molecule has 3 heteroatoms. The van der Waals surface area contributed by atoms with Crippen LogP contribution < -0.4 is 11.5 Å². The fraction of sp³-hybridized carbons (Fsp3) is 0.400. The van der Waals surface area contributed by atoms with E-state index >= 15 is 0 Å². The minimum absolute atomic E-state index is 0.280. The van der Waals surface area contributed by atoms with Crippen LogP contribution >= 0.6 is 0 Å². The van der Waals surface area contributed by atoms with Crippen molar-refractivity contribution in [2.45, 2.75) is 25.0 Å². The number of nitrogen functional groups attached to an aromatic ring is 2. The van der Waals surface area contributed by atoms with E-state index in [1.54, 1.807) is 0 Å². The Morgan fingerprint density at radius 3 is 1.92 bits per heavy atom. The molecule has 1 saturated heterocycles. The van der Waals surface area contributed by atoms with Gasteiger partial charge in [0.05, 0.1) is 23.6 Å². The summed E-state index contributed by atoms with van der Waals surface area (Å²) in [5.74, 6) is 0. The Morgan fingerprint density at radius 2 is 1.46 bits per heavy atom. The van der Waals surface area contributed by atoms with E-state index in [9.17, 15) is 0 Å². The van der Waals surface area contributed by atoms with Crippen molar-refractivity contribution in [3.8, 4) is 0 Å². The highest BCUT2D eigenvalue weighted by molar-refractivity contribution is 5.67. The summed E-state index contributed by atoms with van der Waals surface area (Å²) in [6.07, 6.45) is 2.81. The molecule has 2 unspecified atom stereocenters. The van der Waals surface area contributed by atoms with Crippen molar-refractivity contribution >= 4 is 11.4 Å². The summed E-state index contributed by atoms with van der Waals surface area (Å²) in [4.78, 5) is 0. The van der Waals surface area contributed by atoms with E-state index < -0.39 is 0 Å². The van der Waals surface area contributed by atoms with Gasteiger partial charge in [0.1, 0.15) is 0 Å². The van der Waals surface area contributed by atoms with Crippen LogP contribution in [0.4, 0.5) is 11.4 Å². The highest BCUT2D eigenvalue weighted by atomic mass is 16.5. The van der Waals surface area contributed by atoms with Crippen LogP contribution in [0.25, 0.3) is 0 Å². The van der Waals surface area contributed by atoms with Crippen LogP contribution in [0.2, 0.25) is 0 Å². The van der Waals surface area contributed by atoms with E-state index in [0.29, 0.717) is 11.4 Å². The number of fused-ring (bicyclic) bond motifs is 5. The van der Waals surface area contributed by atoms with Gasteiger partial charge in [-0.3, -0.25) is 0 Å². The fourth-order valence-electron chi connectivity index (χ4n) is 2.32. The SMILES string of the molecule is Nc1cc2c(cc1N)C1CCC2O1. The van der Waals surface area contributed by atoms with Gasteiger partial charge in [0, 0.05) is 0 Å². The third-order valence-electron chi connectivity index (χ3n) is 3.00. The van der Waals surface area contributed by atoms with Crippen LogP contribution in [0.1, 0.15) is 36.2 Å². The molecule has 2 heterocycles. The first kappa shape index (κ1) is 7.21. The minimum atomic E-state index is 0.280. The Bertz CT molecular complexity index is 340. The van der Waals surface area contributed by atoms with Gasteiger partial charge < -0.3 is 16.2 Å². The number of anilines is 2. The lowest BCUT2D eigenvalue weighted by Crippen LogP contribution is -2.02. The maximum atomic E-state index is 5.74. The molecule has 2 bridgehead atoms. The van der Waals surface area contributed by atoms with Gasteiger partial charge in [-0.2, -0.15) is 0 Å². The van der Waals surface area contributed by atoms with Gasteiger partial charge >= 0.3 is 0 Å². The quantitative estimate of drug-likeness (QED) is 0.592. The van der Waals surface area contributed by atoms with Gasteiger partial charge in [0.2, 0.25) is 0 Å². The monoisotopic (exact) mass is 176 g/mol. The zero-order chi connectivity index (χ0) is 9.00. The zero-order valence-corrected chi connectivity index (χ0v) is 7.29. The molecular weight excluding hydrogens is 164 g/mol. The molecule has 0 amide bonds. The predicted octanol–water partition coefficient (Wildman–Crippen LogP) is 1.76. The molecule has 1 aromatic rings. The maximum Gasteiger partial charge on any atom is 0.0838 e. The first-order valence-electron chi connectivity index (χ1n) is 4.60. The molecule has 13 heavy (non-hydrogen) atoms. The largest absolute Gasteiger partial charge is 0.397 e. The summed E-state index contributed by atoms with van der Waals surface area (Å²) in [5, 5.41) is 0.